The van der Waals surface area contributed by atoms with Crippen molar-refractivity contribution >= 4 is 23.3 Å². The summed E-state index contributed by atoms with van der Waals surface area (Å²) in [5.74, 6) is -1.34. The van der Waals surface area contributed by atoms with Crippen molar-refractivity contribution in [2.75, 3.05) is 18.5 Å². The van der Waals surface area contributed by atoms with Gasteiger partial charge in [-0.15, -0.1) is 0 Å². The average Bonchev–Trinajstić information content (AvgIpc) is 2.73. The summed E-state index contributed by atoms with van der Waals surface area (Å²) in [6.07, 6.45) is -1.23. The van der Waals surface area contributed by atoms with Gasteiger partial charge in [0.2, 0.25) is 0 Å². The van der Waals surface area contributed by atoms with Crippen LogP contribution in [0, 0.1) is 21.4 Å². The molecule has 0 unspecified atom stereocenters. The van der Waals surface area contributed by atoms with E-state index in [1.165, 1.54) is 37.3 Å². The summed E-state index contributed by atoms with van der Waals surface area (Å²) in [5, 5.41) is 22.6. The highest BCUT2D eigenvalue weighted by Gasteiger charge is 2.29. The van der Waals surface area contributed by atoms with Gasteiger partial charge in [-0.1, -0.05) is 0 Å². The number of benzene rings is 2. The predicted octanol–water partition coefficient (Wildman–Crippen LogP) is 2.42. The molecule has 0 aliphatic carbocycles. The molecule has 1 N–H and O–H groups in total. The fraction of sp³-hybridized carbons (Fsp3) is 0.211. The Bertz CT molecular complexity index is 1010. The number of ether oxygens (including phenoxy) is 3. The Morgan fingerprint density at radius 1 is 1.21 bits per heavy atom. The molecule has 1 aliphatic heterocycles. The van der Waals surface area contributed by atoms with Gasteiger partial charge in [-0.25, -0.2) is 4.79 Å². The van der Waals surface area contributed by atoms with E-state index in [4.69, 9.17) is 19.5 Å². The number of rotatable bonds is 5. The molecule has 0 radical (unpaired) electrons. The van der Waals surface area contributed by atoms with Crippen LogP contribution in [-0.4, -0.2) is 36.1 Å². The highest BCUT2D eigenvalue weighted by molar-refractivity contribution is 5.99. The van der Waals surface area contributed by atoms with Crippen molar-refractivity contribution < 1.29 is 28.7 Å². The van der Waals surface area contributed by atoms with Gasteiger partial charge in [0.25, 0.3) is 11.6 Å². The number of esters is 1. The number of hydrogen-bond donors (Lipinski definition) is 1. The number of carbonyl (C=O) groups is 2. The van der Waals surface area contributed by atoms with Gasteiger partial charge >= 0.3 is 5.97 Å². The minimum atomic E-state index is -1.23. The maximum Gasteiger partial charge on any atom is 0.346 e. The molecule has 10 heteroatoms. The van der Waals surface area contributed by atoms with E-state index < -0.39 is 28.6 Å². The Balaban J connectivity index is 1.74. The third-order valence-corrected chi connectivity index (χ3v) is 4.01. The van der Waals surface area contributed by atoms with Gasteiger partial charge in [-0.05, 0) is 31.2 Å². The SMILES string of the molecule is C[C@H](OC(=O)c1cc2c(cc1[N+](=O)[O-])OCCO2)C(=O)Nc1ccc(C#N)cc1. The Labute approximate surface area is 164 Å². The Kier molecular flexibility index (Phi) is 5.59. The van der Waals surface area contributed by atoms with Gasteiger partial charge in [0.1, 0.15) is 18.8 Å². The predicted molar refractivity (Wildman–Crippen MR) is 98.8 cm³/mol. The molecular formula is C19H15N3O7. The lowest BCUT2D eigenvalue weighted by Crippen LogP contribution is -2.30. The van der Waals surface area contributed by atoms with Gasteiger partial charge in [-0.3, -0.25) is 14.9 Å². The first-order valence-corrected chi connectivity index (χ1v) is 8.49. The van der Waals surface area contributed by atoms with E-state index >= 15 is 0 Å². The van der Waals surface area contributed by atoms with E-state index in [1.807, 2.05) is 6.07 Å². The van der Waals surface area contributed by atoms with Crippen LogP contribution in [0.25, 0.3) is 0 Å². The van der Waals surface area contributed by atoms with Crippen molar-refractivity contribution in [2.45, 2.75) is 13.0 Å². The standard InChI is InChI=1S/C19H15N3O7/c1-11(18(23)21-13-4-2-12(10-20)3-5-13)29-19(24)14-8-16-17(28-7-6-27-16)9-15(14)22(25)26/h2-5,8-9,11H,6-7H2,1H3,(H,21,23)/t11-/m0/s1. The number of nitriles is 1. The van der Waals surface area contributed by atoms with Crippen LogP contribution < -0.4 is 14.8 Å². The molecular weight excluding hydrogens is 382 g/mol. The summed E-state index contributed by atoms with van der Waals surface area (Å²) in [5.41, 5.74) is -0.0353. The van der Waals surface area contributed by atoms with Crippen molar-refractivity contribution in [1.82, 2.24) is 0 Å². The molecule has 1 aliphatic rings. The highest BCUT2D eigenvalue weighted by Crippen LogP contribution is 2.37. The van der Waals surface area contributed by atoms with Gasteiger partial charge in [0, 0.05) is 11.8 Å². The zero-order chi connectivity index (χ0) is 21.0. The first-order valence-electron chi connectivity index (χ1n) is 8.49. The lowest BCUT2D eigenvalue weighted by molar-refractivity contribution is -0.385. The molecule has 10 nitrogen and oxygen atoms in total. The number of nitrogens with zero attached hydrogens (tertiary/aromatic N) is 2. The topological polar surface area (TPSA) is 141 Å². The van der Waals surface area contributed by atoms with E-state index in [0.717, 1.165) is 6.07 Å². The molecule has 0 fully saturated rings. The molecule has 2 aromatic carbocycles. The number of nitro groups is 1. The molecule has 29 heavy (non-hydrogen) atoms. The number of carbonyl (C=O) groups excluding carboxylic acids is 2. The Hall–Kier alpha value is -4.13. The van der Waals surface area contributed by atoms with Crippen molar-refractivity contribution in [3.63, 3.8) is 0 Å². The number of nitro benzene ring substituents is 1. The number of anilines is 1. The van der Waals surface area contributed by atoms with Crippen LogP contribution in [0.2, 0.25) is 0 Å². The fourth-order valence-electron chi connectivity index (χ4n) is 2.54. The van der Waals surface area contributed by atoms with Crippen LogP contribution >= 0.6 is 0 Å². The largest absolute Gasteiger partial charge is 0.486 e. The number of hydrogen-bond acceptors (Lipinski definition) is 8. The van der Waals surface area contributed by atoms with Crippen LogP contribution in [0.4, 0.5) is 11.4 Å². The maximum atomic E-state index is 12.5. The second-order valence-corrected chi connectivity index (χ2v) is 6.00. The molecule has 0 spiro atoms. The molecule has 0 aromatic heterocycles. The summed E-state index contributed by atoms with van der Waals surface area (Å²) < 4.78 is 15.7. The second kappa shape index (κ2) is 8.26. The monoisotopic (exact) mass is 397 g/mol. The van der Waals surface area contributed by atoms with Crippen LogP contribution in [0.3, 0.4) is 0 Å². The molecule has 0 bridgehead atoms. The van der Waals surface area contributed by atoms with Crippen molar-refractivity contribution in [3.8, 4) is 17.6 Å². The summed E-state index contributed by atoms with van der Waals surface area (Å²) in [4.78, 5) is 35.3. The smallest absolute Gasteiger partial charge is 0.346 e. The Morgan fingerprint density at radius 2 is 1.83 bits per heavy atom. The van der Waals surface area contributed by atoms with Crippen molar-refractivity contribution in [3.05, 3.63) is 57.6 Å². The number of fused-ring (bicyclic) bond motifs is 1. The van der Waals surface area contributed by atoms with E-state index in [2.05, 4.69) is 5.32 Å². The first kappa shape index (κ1) is 19.6. The van der Waals surface area contributed by atoms with Gasteiger partial charge < -0.3 is 19.5 Å². The van der Waals surface area contributed by atoms with Crippen molar-refractivity contribution in [2.24, 2.45) is 0 Å². The van der Waals surface area contributed by atoms with E-state index in [0.29, 0.717) is 11.3 Å². The van der Waals surface area contributed by atoms with E-state index in [9.17, 15) is 19.7 Å². The normalized spacial score (nSPS) is 13.0. The first-order chi connectivity index (χ1) is 13.9. The van der Waals surface area contributed by atoms with E-state index in [1.54, 1.807) is 0 Å². The number of nitrogens with one attached hydrogen (secondary N) is 1. The molecule has 148 valence electrons. The highest BCUT2D eigenvalue weighted by atomic mass is 16.6. The molecule has 0 saturated heterocycles. The maximum absolute atomic E-state index is 12.5. The van der Waals surface area contributed by atoms with Crippen LogP contribution in [0.5, 0.6) is 11.5 Å². The number of amides is 1. The third kappa shape index (κ3) is 4.41. The Morgan fingerprint density at radius 3 is 2.41 bits per heavy atom. The lowest BCUT2D eigenvalue weighted by Gasteiger charge is -2.19. The zero-order valence-electron chi connectivity index (χ0n) is 15.2. The molecule has 0 saturated carbocycles. The lowest BCUT2D eigenvalue weighted by atomic mass is 10.1. The quantitative estimate of drug-likeness (QED) is 0.461. The fourth-order valence-corrected chi connectivity index (χ4v) is 2.54. The summed E-state index contributed by atoms with van der Waals surface area (Å²) in [7, 11) is 0. The zero-order valence-corrected chi connectivity index (χ0v) is 15.2. The van der Waals surface area contributed by atoms with Crippen LogP contribution in [0.15, 0.2) is 36.4 Å². The van der Waals surface area contributed by atoms with Gasteiger partial charge in [0.05, 0.1) is 22.6 Å². The summed E-state index contributed by atoms with van der Waals surface area (Å²) >= 11 is 0. The van der Waals surface area contributed by atoms with Crippen molar-refractivity contribution in [1.29, 1.82) is 5.26 Å². The van der Waals surface area contributed by atoms with Crippen LogP contribution in [-0.2, 0) is 9.53 Å². The minimum Gasteiger partial charge on any atom is -0.486 e. The molecule has 1 amide bonds. The van der Waals surface area contributed by atoms with Crippen LogP contribution in [0.1, 0.15) is 22.8 Å². The average molecular weight is 397 g/mol. The molecule has 1 atom stereocenters. The third-order valence-electron chi connectivity index (χ3n) is 4.01. The molecule has 3 rings (SSSR count). The molecule has 1 heterocycles. The van der Waals surface area contributed by atoms with Gasteiger partial charge in [0.15, 0.2) is 17.6 Å². The molecule has 2 aromatic rings. The summed E-state index contributed by atoms with van der Waals surface area (Å²) in [6, 6.07) is 10.3. The second-order valence-electron chi connectivity index (χ2n) is 6.00. The minimum absolute atomic E-state index is 0.158. The summed E-state index contributed by atoms with van der Waals surface area (Å²) in [6.45, 7) is 1.81. The van der Waals surface area contributed by atoms with E-state index in [-0.39, 0.29) is 30.3 Å². The van der Waals surface area contributed by atoms with Gasteiger partial charge in [-0.2, -0.15) is 5.26 Å².